The highest BCUT2D eigenvalue weighted by Crippen LogP contribution is 2.77. The molecule has 5 saturated carbocycles. The van der Waals surface area contributed by atoms with Crippen molar-refractivity contribution in [2.24, 2.45) is 67.8 Å². The minimum absolute atomic E-state index is 0.00451. The Kier molecular flexibility index (Phi) is 12.4. The molecule has 306 valence electrons. The Morgan fingerprint density at radius 3 is 2.09 bits per heavy atom. The maximum absolute atomic E-state index is 15.5. The minimum Gasteiger partial charge on any atom is -0.481 e. The lowest BCUT2D eigenvalue weighted by Gasteiger charge is -2.73. The number of rotatable bonds is 14. The summed E-state index contributed by atoms with van der Waals surface area (Å²) in [6, 6.07) is 0. The van der Waals surface area contributed by atoms with E-state index in [-0.39, 0.29) is 70.2 Å². The molecule has 0 aromatic heterocycles. The second-order valence-corrected chi connectivity index (χ2v) is 21.1. The highest BCUT2D eigenvalue weighted by molar-refractivity contribution is 5.99. The van der Waals surface area contributed by atoms with E-state index in [4.69, 9.17) is 10.5 Å². The first-order valence-electron chi connectivity index (χ1n) is 21.7. The van der Waals surface area contributed by atoms with Crippen molar-refractivity contribution < 1.29 is 29.0 Å². The summed E-state index contributed by atoms with van der Waals surface area (Å²) < 4.78 is 5.97. The molecule has 5 aliphatic rings. The first-order chi connectivity index (χ1) is 25.1. The first kappa shape index (κ1) is 42.9. The molecule has 5 aliphatic carbocycles. The Labute approximate surface area is 327 Å². The SMILES string of the molecule is C=C(C)[C@@H]1CC[C@]2(C(=O)N(CCCCCCCN)C(=O)CC(C)(C)CC(=O)O)CC[C@]3(C)[C@H](CCC4[C@@]5(C)CC[C@H](OC(C)=O)C(C)(C)[C@@H]5CC[C@]43C)[C@@H]12. The molecule has 10 atom stereocenters. The van der Waals surface area contributed by atoms with Gasteiger partial charge in [0.1, 0.15) is 6.10 Å². The second-order valence-electron chi connectivity index (χ2n) is 21.1. The lowest BCUT2D eigenvalue weighted by molar-refractivity contribution is -0.249. The van der Waals surface area contributed by atoms with Crippen LogP contribution >= 0.6 is 0 Å². The molecule has 0 aromatic rings. The van der Waals surface area contributed by atoms with Crippen LogP contribution < -0.4 is 5.73 Å². The van der Waals surface area contributed by atoms with Crippen molar-refractivity contribution in [1.29, 1.82) is 0 Å². The van der Waals surface area contributed by atoms with E-state index in [0.717, 1.165) is 102 Å². The summed E-state index contributed by atoms with van der Waals surface area (Å²) >= 11 is 0. The van der Waals surface area contributed by atoms with Gasteiger partial charge in [0.05, 0.1) is 11.8 Å². The molecule has 54 heavy (non-hydrogen) atoms. The molecule has 8 nitrogen and oxygen atoms in total. The lowest BCUT2D eigenvalue weighted by Crippen LogP contribution is -2.67. The van der Waals surface area contributed by atoms with Crippen LogP contribution in [0.4, 0.5) is 0 Å². The Morgan fingerprint density at radius 1 is 0.796 bits per heavy atom. The van der Waals surface area contributed by atoms with Crippen molar-refractivity contribution in [2.45, 2.75) is 178 Å². The minimum atomic E-state index is -0.927. The summed E-state index contributed by atoms with van der Waals surface area (Å²) in [7, 11) is 0. The van der Waals surface area contributed by atoms with Crippen molar-refractivity contribution >= 4 is 23.8 Å². The molecule has 0 heterocycles. The number of imide groups is 1. The van der Waals surface area contributed by atoms with Gasteiger partial charge >= 0.3 is 11.9 Å². The predicted molar refractivity (Wildman–Crippen MR) is 214 cm³/mol. The summed E-state index contributed by atoms with van der Waals surface area (Å²) in [6.45, 7) is 25.3. The molecule has 0 aromatic carbocycles. The smallest absolute Gasteiger partial charge is 0.303 e. The average Bonchev–Trinajstić information content (AvgIpc) is 3.46. The van der Waals surface area contributed by atoms with Crippen LogP contribution in [0.1, 0.15) is 171 Å². The number of esters is 1. The molecule has 5 fully saturated rings. The Bertz CT molecular complexity index is 1450. The number of nitrogens with two attached hydrogens (primary N) is 1. The fourth-order valence-corrected chi connectivity index (χ4v) is 14.4. The van der Waals surface area contributed by atoms with E-state index in [1.54, 1.807) is 11.8 Å². The fourth-order valence-electron chi connectivity index (χ4n) is 14.4. The number of fused-ring (bicyclic) bond motifs is 7. The van der Waals surface area contributed by atoms with Crippen LogP contribution in [0.5, 0.6) is 0 Å². The monoisotopic (exact) mass is 753 g/mol. The van der Waals surface area contributed by atoms with Crippen LogP contribution in [0.15, 0.2) is 12.2 Å². The quantitative estimate of drug-likeness (QED) is 0.103. The fraction of sp³-hybridized carbons (Fsp3) is 0.870. The zero-order valence-electron chi connectivity index (χ0n) is 35.6. The van der Waals surface area contributed by atoms with Crippen molar-refractivity contribution in [1.82, 2.24) is 4.90 Å². The molecule has 0 aliphatic heterocycles. The van der Waals surface area contributed by atoms with Crippen molar-refractivity contribution in [3.63, 3.8) is 0 Å². The molecule has 0 spiro atoms. The first-order valence-corrected chi connectivity index (χ1v) is 21.7. The number of ether oxygens (including phenoxy) is 1. The van der Waals surface area contributed by atoms with Crippen LogP contribution in [0.3, 0.4) is 0 Å². The topological polar surface area (TPSA) is 127 Å². The third kappa shape index (κ3) is 7.37. The summed E-state index contributed by atoms with van der Waals surface area (Å²) in [5.41, 5.74) is 5.71. The van der Waals surface area contributed by atoms with Crippen molar-refractivity contribution in [3.05, 3.63) is 12.2 Å². The number of hydrogen-bond donors (Lipinski definition) is 2. The van der Waals surface area contributed by atoms with Crippen LogP contribution in [0.25, 0.3) is 0 Å². The van der Waals surface area contributed by atoms with Gasteiger partial charge in [-0.1, -0.05) is 79.9 Å². The van der Waals surface area contributed by atoms with Gasteiger partial charge in [-0.2, -0.15) is 0 Å². The van der Waals surface area contributed by atoms with Crippen LogP contribution in [-0.2, 0) is 23.9 Å². The van der Waals surface area contributed by atoms with Gasteiger partial charge in [0, 0.05) is 25.3 Å². The molecule has 1 unspecified atom stereocenters. The standard InChI is InChI=1S/C46H76N2O6/c1-30(2)32-18-23-46(40(53)48(27-15-13-11-12-14-26-47)37(50)28-41(4,5)29-38(51)52)25-24-44(9)33(39(32)46)16-17-35-43(8)21-20-36(54-31(3)49)42(6,7)34(43)19-22-45(35,44)10/h32-36,39H,1,11-29,47H2,2-10H3,(H,51,52)/t32-,33+,34-,35?,36-,39+,43-,44+,45+,46-/m0/s1. The third-order valence-corrected chi connectivity index (χ3v) is 17.1. The van der Waals surface area contributed by atoms with Gasteiger partial charge in [-0.15, -0.1) is 0 Å². The maximum Gasteiger partial charge on any atom is 0.303 e. The number of carbonyl (C=O) groups excluding carboxylic acids is 3. The van der Waals surface area contributed by atoms with Gasteiger partial charge in [0.15, 0.2) is 0 Å². The summed E-state index contributed by atoms with van der Waals surface area (Å²) in [5, 5.41) is 9.62. The lowest BCUT2D eigenvalue weighted by atomic mass is 9.32. The van der Waals surface area contributed by atoms with E-state index in [1.165, 1.54) is 0 Å². The number of carboxylic acid groups (broad SMARTS) is 1. The summed E-state index contributed by atoms with van der Waals surface area (Å²) in [4.78, 5) is 55.3. The summed E-state index contributed by atoms with van der Waals surface area (Å²) in [6.07, 6.45) is 14.5. The van der Waals surface area contributed by atoms with E-state index in [0.29, 0.717) is 30.8 Å². The normalized spacial score (nSPS) is 38.3. The second kappa shape index (κ2) is 15.6. The van der Waals surface area contributed by atoms with Gasteiger partial charge in [0.2, 0.25) is 11.8 Å². The predicted octanol–water partition coefficient (Wildman–Crippen LogP) is 9.73. The molecule has 8 heteroatoms. The maximum atomic E-state index is 15.5. The number of nitrogens with zero attached hydrogens (tertiary/aromatic N) is 1. The highest BCUT2D eigenvalue weighted by Gasteiger charge is 2.72. The molecule has 0 radical (unpaired) electrons. The number of allylic oxidation sites excluding steroid dienone is 1. The molecule has 5 rings (SSSR count). The third-order valence-electron chi connectivity index (χ3n) is 17.1. The number of carbonyl (C=O) groups is 4. The van der Waals surface area contributed by atoms with E-state index >= 15 is 4.79 Å². The zero-order chi connectivity index (χ0) is 40.1. The van der Waals surface area contributed by atoms with Gasteiger partial charge in [-0.25, -0.2) is 0 Å². The van der Waals surface area contributed by atoms with Gasteiger partial charge in [-0.05, 0) is 142 Å². The Hall–Kier alpha value is -2.22. The highest BCUT2D eigenvalue weighted by atomic mass is 16.5. The number of hydrogen-bond acceptors (Lipinski definition) is 6. The van der Waals surface area contributed by atoms with E-state index < -0.39 is 16.8 Å². The van der Waals surface area contributed by atoms with Crippen molar-refractivity contribution in [2.75, 3.05) is 13.1 Å². The molecular formula is C46H76N2O6. The van der Waals surface area contributed by atoms with Gasteiger partial charge in [0.25, 0.3) is 0 Å². The van der Waals surface area contributed by atoms with Gasteiger partial charge in [-0.3, -0.25) is 24.1 Å². The van der Waals surface area contributed by atoms with E-state index in [1.807, 2.05) is 13.8 Å². The van der Waals surface area contributed by atoms with Crippen molar-refractivity contribution in [3.8, 4) is 0 Å². The molecule has 3 N–H and O–H groups in total. The Balaban J connectivity index is 1.48. The van der Waals surface area contributed by atoms with Crippen LogP contribution in [0, 0.1) is 62.1 Å². The number of unbranched alkanes of at least 4 members (excludes halogenated alkanes) is 4. The number of aliphatic carboxylic acids is 1. The molecule has 2 amide bonds. The molecule has 0 saturated heterocycles. The van der Waals surface area contributed by atoms with E-state index in [2.05, 4.69) is 48.1 Å². The van der Waals surface area contributed by atoms with E-state index in [9.17, 15) is 19.5 Å². The number of amides is 2. The largest absolute Gasteiger partial charge is 0.481 e. The molecular weight excluding hydrogens is 677 g/mol. The average molecular weight is 753 g/mol. The van der Waals surface area contributed by atoms with Crippen LogP contribution in [0.2, 0.25) is 0 Å². The van der Waals surface area contributed by atoms with Gasteiger partial charge < -0.3 is 15.6 Å². The number of carboxylic acids is 1. The summed E-state index contributed by atoms with van der Waals surface area (Å²) in [5.74, 6) is 0.414. The zero-order valence-corrected chi connectivity index (χ0v) is 35.6. The van der Waals surface area contributed by atoms with Crippen LogP contribution in [-0.4, -0.2) is 53.0 Å². The Morgan fingerprint density at radius 2 is 1.46 bits per heavy atom. The molecule has 0 bridgehead atoms.